The Kier molecular flexibility index (Phi) is 4.78. The zero-order valence-electron chi connectivity index (χ0n) is 16.6. The molecule has 2 N–H and O–H groups in total. The van der Waals surface area contributed by atoms with Gasteiger partial charge in [-0.1, -0.05) is 12.1 Å². The number of halogens is 1. The number of thiocarbonyl (C=S) groups is 1. The summed E-state index contributed by atoms with van der Waals surface area (Å²) in [6, 6.07) is 14.1. The van der Waals surface area contributed by atoms with Crippen molar-refractivity contribution in [2.45, 2.75) is 6.17 Å². The summed E-state index contributed by atoms with van der Waals surface area (Å²) in [7, 11) is 0. The molecule has 6 rings (SSSR count). The highest BCUT2D eigenvalue weighted by Gasteiger charge is 2.38. The van der Waals surface area contributed by atoms with Crippen molar-refractivity contribution in [2.24, 2.45) is 4.99 Å². The van der Waals surface area contributed by atoms with E-state index in [9.17, 15) is 0 Å². The molecule has 1 unspecified atom stereocenters. The molecule has 2 aliphatic rings. The van der Waals surface area contributed by atoms with Crippen LogP contribution < -0.4 is 20.0 Å². The molecule has 10 heteroatoms. The number of imidazole rings is 1. The second-order valence-corrected chi connectivity index (χ2v) is 9.46. The third-order valence-electron chi connectivity index (χ3n) is 5.46. The lowest BCUT2D eigenvalue weighted by molar-refractivity contribution is 0.422. The standard InChI is InChI=1S/C22H16BrN7S2/c23-15-3-1-2-4-16(15)27-20-21(29-8-7-19-13(11-29)10-26-32-19)30(22(31)28-20)14-5-6-17-18(9-14)25-12-24-17/h1-7,9-12,21H,8H2,(H,24,25)(H,27,28,31). The van der Waals surface area contributed by atoms with Crippen LogP contribution in [0, 0.1) is 0 Å². The molecule has 0 saturated heterocycles. The Morgan fingerprint density at radius 3 is 3.03 bits per heavy atom. The lowest BCUT2D eigenvalue weighted by Gasteiger charge is -2.36. The van der Waals surface area contributed by atoms with E-state index in [0.717, 1.165) is 44.5 Å². The molecule has 0 saturated carbocycles. The number of para-hydroxylation sites is 1. The van der Waals surface area contributed by atoms with Crippen LogP contribution in [0.1, 0.15) is 0 Å². The lowest BCUT2D eigenvalue weighted by atomic mass is 10.2. The number of hydrogen-bond donors (Lipinski definition) is 2. The molecule has 4 aromatic rings. The number of rotatable bonds is 3. The molecule has 158 valence electrons. The van der Waals surface area contributed by atoms with Gasteiger partial charge in [0.15, 0.2) is 12.0 Å². The first-order valence-corrected chi connectivity index (χ1v) is 11.9. The molecule has 2 aromatic heterocycles. The normalized spacial score (nSPS) is 17.7. The van der Waals surface area contributed by atoms with Gasteiger partial charge in [-0.2, -0.15) is 4.37 Å². The monoisotopic (exact) mass is 521 g/mol. The number of fused-ring (bicyclic) bond motifs is 2. The van der Waals surface area contributed by atoms with E-state index in [0.29, 0.717) is 5.11 Å². The Balaban J connectivity index is 1.45. The fourth-order valence-electron chi connectivity index (χ4n) is 3.96. The largest absolute Gasteiger partial charge is 0.346 e. The van der Waals surface area contributed by atoms with Crippen LogP contribution >= 0.6 is 39.7 Å². The van der Waals surface area contributed by atoms with E-state index in [1.807, 2.05) is 42.6 Å². The van der Waals surface area contributed by atoms with Gasteiger partial charge in [0.2, 0.25) is 5.11 Å². The smallest absolute Gasteiger partial charge is 0.203 e. The summed E-state index contributed by atoms with van der Waals surface area (Å²) >= 11 is 10.9. The van der Waals surface area contributed by atoms with Gasteiger partial charge in [-0.25, -0.2) is 9.98 Å². The van der Waals surface area contributed by atoms with Crippen LogP contribution in [0.3, 0.4) is 0 Å². The number of aromatic amines is 1. The first kappa shape index (κ1) is 19.6. The highest BCUT2D eigenvalue weighted by atomic mass is 79.9. The van der Waals surface area contributed by atoms with Crippen LogP contribution in [0.15, 0.2) is 64.5 Å². The molecule has 4 heterocycles. The zero-order valence-corrected chi connectivity index (χ0v) is 19.8. The highest BCUT2D eigenvalue weighted by molar-refractivity contribution is 9.10. The van der Waals surface area contributed by atoms with Gasteiger partial charge in [0.05, 0.1) is 27.6 Å². The predicted octanol–water partition coefficient (Wildman–Crippen LogP) is 3.26. The number of benzene rings is 2. The highest BCUT2D eigenvalue weighted by Crippen LogP contribution is 2.30. The van der Waals surface area contributed by atoms with Crippen molar-refractivity contribution in [3.05, 3.63) is 69.2 Å². The van der Waals surface area contributed by atoms with Gasteiger partial charge in [-0.3, -0.25) is 4.90 Å². The molecule has 0 bridgehead atoms. The summed E-state index contributed by atoms with van der Waals surface area (Å²) in [4.78, 5) is 16.6. The summed E-state index contributed by atoms with van der Waals surface area (Å²) in [6.45, 7) is 0.724. The topological polar surface area (TPSA) is 72.4 Å². The summed E-state index contributed by atoms with van der Waals surface area (Å²) in [6.07, 6.45) is 7.69. The maximum Gasteiger partial charge on any atom is 0.203 e. The van der Waals surface area contributed by atoms with Crippen LogP contribution in [-0.4, -0.2) is 42.9 Å². The molecule has 0 aliphatic carbocycles. The third kappa shape index (κ3) is 3.31. The number of anilines is 2. The Morgan fingerprint density at radius 1 is 1.22 bits per heavy atom. The average Bonchev–Trinajstić information content (AvgIpc) is 3.52. The molecule has 1 atom stereocenters. The van der Waals surface area contributed by atoms with Crippen molar-refractivity contribution in [3.8, 4) is 0 Å². The van der Waals surface area contributed by atoms with E-state index in [4.69, 9.17) is 17.2 Å². The summed E-state index contributed by atoms with van der Waals surface area (Å²) in [5.41, 5.74) is 3.75. The second kappa shape index (κ2) is 7.80. The number of aromatic nitrogens is 3. The molecule has 0 amide bonds. The number of nitrogens with one attached hydrogen (secondary N) is 2. The minimum Gasteiger partial charge on any atom is -0.346 e. The third-order valence-corrected chi connectivity index (χ3v) is 7.25. The number of amidine groups is 1. The van der Waals surface area contributed by atoms with Crippen molar-refractivity contribution in [1.82, 2.24) is 19.2 Å². The Labute approximate surface area is 201 Å². The zero-order chi connectivity index (χ0) is 21.7. The maximum atomic E-state index is 5.76. The Hall–Kier alpha value is -3.08. The first-order chi connectivity index (χ1) is 15.7. The van der Waals surface area contributed by atoms with E-state index in [1.54, 1.807) is 6.33 Å². The SMILES string of the molecule is S=C1N=C(Nc2ccccc2Br)C(N2C=c3cnsc3=CC2)N1c1ccc2nc[nH]c2c1. The van der Waals surface area contributed by atoms with Crippen LogP contribution in [0.2, 0.25) is 0 Å². The average molecular weight is 522 g/mol. The van der Waals surface area contributed by atoms with Crippen molar-refractivity contribution in [3.63, 3.8) is 0 Å². The Bertz CT molecular complexity index is 1510. The molecule has 32 heavy (non-hydrogen) atoms. The predicted molar refractivity (Wildman–Crippen MR) is 137 cm³/mol. The fourth-order valence-corrected chi connectivity index (χ4v) is 5.29. The first-order valence-electron chi connectivity index (χ1n) is 9.92. The maximum absolute atomic E-state index is 5.76. The minimum absolute atomic E-state index is 0.237. The van der Waals surface area contributed by atoms with Crippen LogP contribution in [0.25, 0.3) is 23.3 Å². The van der Waals surface area contributed by atoms with Gasteiger partial charge >= 0.3 is 0 Å². The van der Waals surface area contributed by atoms with E-state index in [1.165, 1.54) is 16.1 Å². The van der Waals surface area contributed by atoms with Gasteiger partial charge in [-0.05, 0) is 76.1 Å². The van der Waals surface area contributed by atoms with Crippen LogP contribution in [0.5, 0.6) is 0 Å². The van der Waals surface area contributed by atoms with Gasteiger partial charge < -0.3 is 15.2 Å². The van der Waals surface area contributed by atoms with Crippen molar-refractivity contribution in [1.29, 1.82) is 0 Å². The van der Waals surface area contributed by atoms with Gasteiger partial charge in [-0.15, -0.1) is 0 Å². The lowest BCUT2D eigenvalue weighted by Crippen LogP contribution is -2.52. The van der Waals surface area contributed by atoms with Gasteiger partial charge in [0.1, 0.15) is 0 Å². The van der Waals surface area contributed by atoms with Gasteiger partial charge in [0, 0.05) is 34.3 Å². The van der Waals surface area contributed by atoms with E-state index in [-0.39, 0.29) is 6.17 Å². The summed E-state index contributed by atoms with van der Waals surface area (Å²) < 4.78 is 6.48. The molecular weight excluding hydrogens is 506 g/mol. The molecule has 2 aromatic carbocycles. The Morgan fingerprint density at radius 2 is 2.12 bits per heavy atom. The number of H-pyrrole nitrogens is 1. The number of nitrogens with zero attached hydrogens (tertiary/aromatic N) is 5. The molecule has 2 aliphatic heterocycles. The quantitative estimate of drug-likeness (QED) is 0.403. The van der Waals surface area contributed by atoms with Crippen LogP contribution in [-0.2, 0) is 0 Å². The molecular formula is C22H16BrN7S2. The molecule has 0 spiro atoms. The molecule has 7 nitrogen and oxygen atoms in total. The van der Waals surface area contributed by atoms with Crippen molar-refractivity contribution >= 4 is 85.3 Å². The van der Waals surface area contributed by atoms with E-state index < -0.39 is 0 Å². The van der Waals surface area contributed by atoms with Crippen molar-refractivity contribution in [2.75, 3.05) is 16.8 Å². The van der Waals surface area contributed by atoms with Crippen LogP contribution in [0.4, 0.5) is 11.4 Å². The number of hydrogen-bond acceptors (Lipinski definition) is 6. The van der Waals surface area contributed by atoms with Crippen molar-refractivity contribution < 1.29 is 0 Å². The molecule has 0 radical (unpaired) electrons. The van der Waals surface area contributed by atoms with E-state index >= 15 is 0 Å². The van der Waals surface area contributed by atoms with Gasteiger partial charge in [0.25, 0.3) is 0 Å². The summed E-state index contributed by atoms with van der Waals surface area (Å²) in [5, 5.41) is 5.11. The summed E-state index contributed by atoms with van der Waals surface area (Å²) in [5.74, 6) is 0.767. The minimum atomic E-state index is -0.237. The number of aliphatic imine (C=N–C) groups is 1. The second-order valence-electron chi connectivity index (χ2n) is 7.41. The molecule has 0 fully saturated rings. The van der Waals surface area contributed by atoms with E-state index in [2.05, 4.69) is 63.7 Å². The fraction of sp³-hybridized carbons (Fsp3) is 0.0909.